The third-order valence-electron chi connectivity index (χ3n) is 5.86. The number of hydrogen-bond acceptors (Lipinski definition) is 0. The summed E-state index contributed by atoms with van der Waals surface area (Å²) in [5.41, 5.74) is 10.3. The molecule has 0 aromatic heterocycles. The largest absolute Gasteiger partial charge is 0.226 e. The summed E-state index contributed by atoms with van der Waals surface area (Å²) in [5.74, 6) is 0. The number of aryl methyl sites for hydroxylation is 3. The molecule has 0 spiro atoms. The van der Waals surface area contributed by atoms with Crippen LogP contribution >= 0.6 is 0 Å². The van der Waals surface area contributed by atoms with Crippen LogP contribution in [-0.4, -0.2) is 0 Å². The van der Waals surface area contributed by atoms with Crippen LogP contribution in [0.2, 0.25) is 0 Å². The molecule has 0 saturated carbocycles. The summed E-state index contributed by atoms with van der Waals surface area (Å²) in [6.07, 6.45) is 0. The summed E-state index contributed by atoms with van der Waals surface area (Å²) < 4.78 is 0. The Morgan fingerprint density at radius 2 is 0.264 bits per heavy atom. The van der Waals surface area contributed by atoms with Crippen LogP contribution in [0.3, 0.4) is 0 Å². The average molecular weight is 8950 g/mol. The maximum Gasteiger partial charge on any atom is 0 e. The Kier molecular flexibility index (Phi) is 2750. The van der Waals surface area contributed by atoms with Gasteiger partial charge in [-0.1, -0.05) is 104 Å². The molecule has 0 fully saturated rings. The molecule has 0 saturated heterocycles. The van der Waals surface area contributed by atoms with Crippen molar-refractivity contribution in [1.82, 2.24) is 0 Å². The van der Waals surface area contributed by atoms with E-state index in [2.05, 4.69) is 74.5 Å². The van der Waals surface area contributed by atoms with Crippen LogP contribution in [-0.2, 0) is 3040 Å². The molecule has 0 N–H and O–H groups in total. The smallest absolute Gasteiger partial charge is 0 e. The van der Waals surface area contributed by atoms with Gasteiger partial charge in [0.15, 0.2) is 0 Å². The van der Waals surface area contributed by atoms with Crippen molar-refractivity contribution in [1.29, 1.82) is 0 Å². The van der Waals surface area contributed by atoms with E-state index >= 15 is 0 Å². The van der Waals surface area contributed by atoms with Gasteiger partial charge in [0, 0.05) is 3040 Å². The molecule has 0 heterocycles. The Morgan fingerprint density at radius 3 is 0.403 bits per heavy atom. The van der Waals surface area contributed by atoms with Gasteiger partial charge in [-0.05, 0) is 0 Å². The van der Waals surface area contributed by atoms with E-state index in [0.717, 1.165) is 38.9 Å². The van der Waals surface area contributed by atoms with E-state index in [0.29, 0.717) is 0 Å². The van der Waals surface area contributed by atoms with Crippen molar-refractivity contribution in [3.05, 3.63) is 180 Å². The van der Waals surface area contributed by atoms with Gasteiger partial charge in [-0.15, -0.1) is 47.0 Å². The van der Waals surface area contributed by atoms with Crippen LogP contribution < -0.4 is 0 Å². The minimum Gasteiger partial charge on any atom is -0.226 e. The van der Waals surface area contributed by atoms with Gasteiger partial charge in [0.25, 0.3) is 0 Å². The van der Waals surface area contributed by atoms with Crippen molar-refractivity contribution in [2.75, 3.05) is 0 Å². The predicted molar refractivity (Wildman–Crippen MR) is 231 cm³/mol. The first-order chi connectivity index (χ1) is 25.1. The van der Waals surface area contributed by atoms with Gasteiger partial charge < -0.3 is 0 Å². The molecule has 6 rings (SSSR count). The van der Waals surface area contributed by atoms with E-state index in [4.69, 9.17) is 0 Å². The summed E-state index contributed by atoms with van der Waals surface area (Å²) in [4.78, 5) is 0. The summed E-state index contributed by atoms with van der Waals surface area (Å²) in [7, 11) is 0. The third kappa shape index (κ3) is 510. The quantitative estimate of drug-likeness (QED) is 0.155. The minimum absolute atomic E-state index is 0. The molecule has 6 aromatic carbocycles. The molecular weight excluding hydrogens is 8880 g/mol. The van der Waals surface area contributed by atoms with Crippen molar-refractivity contribution >= 4 is 0 Å². The molecule has 0 aliphatic rings. The number of benzene rings is 6. The first-order valence-electron chi connectivity index (χ1n) is 19.0. The molecule has 0 nitrogen and oxygen atoms in total. The molecule has 93 heteroatoms. The summed E-state index contributed by atoms with van der Waals surface area (Å²) in [5, 5.41) is 0. The molecule has 0 unspecified atom stereocenters. The van der Waals surface area contributed by atoms with Gasteiger partial charge in [0.05, 0.1) is 0 Å². The van der Waals surface area contributed by atoms with Crippen LogP contribution in [0.1, 0.15) is 99.8 Å². The van der Waals surface area contributed by atoms with Crippen LogP contribution in [0.4, 0.5) is 0 Å². The number of rotatable bonds is 3. The predicted octanol–water partition coefficient (Wildman–Crippen LogP) is 15.7. The molecular formula is C51H66Y93-6. The van der Waals surface area contributed by atoms with Gasteiger partial charge in [0.2, 0.25) is 0 Å². The Bertz CT molecular complexity index is 1590. The average Bonchev–Trinajstić information content (AvgIpc) is 3.24. The second-order valence-corrected chi connectivity index (χ2v) is 9.14. The standard InChI is InChI=1S/3C13H10.6C2H6.93Y/c2*1-11-6-5-9-13(10-11)12-7-3-2-4-8-12;1-11-7-9-13(10-8-11)12-5-3-2-4-6-12;6*1-2;;;;;;;;;;;;;;;;;;;;;;;;;;;;;;;;;;;;;;;;;;;;;;;;;;;;;;;;;;;;;;;;;;;;;;;;;;;;;;;;;;;;;;;;;;;;;/h2-7,10H,1H3;2-7,9H,1H3;2-5,7-9H,1H3;6*1-2H3;;;;;;;;;;;;;;;;;;;;;;;;;;;;;;;;;;;;;;;;;;;;;;;;;;;;;;;;;;;;;;;;;;;;;;;;;;;;;;;;;;;;;;;;;;;;;/q3*-2;;;;;;;;;;;;;;;;;;;;;;;;;;;;;;;;;;;;;;;;;;;;;;;;;;;;;;;;;;;;;;;;;;;;;;;;;;;;;;;;;;;;;;;;;;;;;;;;;;;. The second kappa shape index (κ2) is 601. The SMILES string of the molecule is CC.CC.CC.CC.CC.CC.Cc1[c-]c(-c2[c-]cccc2)ccc1.Cc1c[c-]c(-c2[c-]cccc2)cc1.Cc1cc[c-]c(-c2[c-]cccc2)c1.[Y].[Y].[Y].[Y].[Y].[Y].[Y].[Y].[Y].[Y].[Y].[Y].[Y].[Y].[Y].[Y].[Y].[Y].[Y].[Y].[Y].[Y].[Y].[Y].[Y].[Y].[Y].[Y].[Y].[Y].[Y].[Y].[Y].[Y].[Y].[Y].[Y].[Y].[Y].[Y].[Y].[Y].[Y].[Y].[Y].[Y].[Y].[Y].[Y].[Y].[Y].[Y].[Y].[Y].[Y].[Y].[Y].[Y].[Y].[Y].[Y].[Y].[Y].[Y].[Y].[Y].[Y].[Y].[Y].[Y].[Y].[Y].[Y].[Y].[Y].[Y].[Y].[Y].[Y].[Y].[Y].[Y].[Y].[Y].[Y].[Y].[Y].[Y].[Y].[Y].[Y].[Y].[Y]. The Labute approximate surface area is 3230 Å². The van der Waals surface area contributed by atoms with Crippen molar-refractivity contribution in [3.8, 4) is 33.4 Å². The summed E-state index contributed by atoms with van der Waals surface area (Å²) >= 11 is 0. The Hall–Kier alpha value is 98.0. The molecule has 0 aliphatic heterocycles. The van der Waals surface area contributed by atoms with E-state index in [1.165, 1.54) is 11.1 Å². The zero-order valence-corrected chi connectivity index (χ0v) is 352. The second-order valence-electron chi connectivity index (χ2n) is 9.14. The van der Waals surface area contributed by atoms with Crippen molar-refractivity contribution in [2.24, 2.45) is 0 Å². The maximum atomic E-state index is 3.29. The first-order valence-corrected chi connectivity index (χ1v) is 19.0. The van der Waals surface area contributed by atoms with E-state index in [1.54, 1.807) is 0 Å². The fourth-order valence-electron chi connectivity index (χ4n) is 3.83. The maximum absolute atomic E-state index is 3.29. The van der Waals surface area contributed by atoms with Gasteiger partial charge in [-0.3, -0.25) is 0 Å². The fraction of sp³-hybridized carbons (Fsp3) is 0.294. The summed E-state index contributed by atoms with van der Waals surface area (Å²) in [6, 6.07) is 61.5. The minimum atomic E-state index is 0. The van der Waals surface area contributed by atoms with E-state index in [9.17, 15) is 0 Å². The zero-order valence-electron chi connectivity index (χ0n) is 88.3. The fourth-order valence-corrected chi connectivity index (χ4v) is 3.83. The molecule has 0 aliphatic carbocycles. The van der Waals surface area contributed by atoms with Crippen molar-refractivity contribution < 1.29 is 3040 Å². The van der Waals surface area contributed by atoms with Crippen LogP contribution in [0.25, 0.3) is 33.4 Å². The van der Waals surface area contributed by atoms with Crippen molar-refractivity contribution in [3.63, 3.8) is 0 Å². The molecule has 6 aromatic rings. The Morgan fingerprint density at radius 1 is 0.118 bits per heavy atom. The monoisotopic (exact) mass is 8950 g/mol. The molecule has 0 bridgehead atoms. The van der Waals surface area contributed by atoms with Crippen LogP contribution in [0, 0.1) is 57.2 Å². The molecule has 144 heavy (non-hydrogen) atoms. The molecule has 555 valence electrons. The van der Waals surface area contributed by atoms with Crippen LogP contribution in [0.5, 0.6) is 0 Å². The number of hydrogen-bond donors (Lipinski definition) is 0. The van der Waals surface area contributed by atoms with E-state index < -0.39 is 0 Å². The van der Waals surface area contributed by atoms with Gasteiger partial charge >= 0.3 is 0 Å². The summed E-state index contributed by atoms with van der Waals surface area (Å²) in [6.45, 7) is 30.2. The normalized spacial score (nSPS) is 2.94. The Balaban J connectivity index is -0.00000000185. The molecule has 93 radical (unpaired) electrons. The molecule has 0 amide bonds. The third-order valence-corrected chi connectivity index (χ3v) is 5.86. The van der Waals surface area contributed by atoms with Crippen LogP contribution in [0.15, 0.2) is 127 Å². The first kappa shape index (κ1) is 659. The van der Waals surface area contributed by atoms with Crippen molar-refractivity contribution in [2.45, 2.75) is 104 Å². The zero-order chi connectivity index (χ0) is 39.3. The van der Waals surface area contributed by atoms with Gasteiger partial charge in [-0.2, -0.15) is 133 Å². The topological polar surface area (TPSA) is 0 Å². The molecule has 0 atom stereocenters. The van der Waals surface area contributed by atoms with Gasteiger partial charge in [-0.25, -0.2) is 33.4 Å². The van der Waals surface area contributed by atoms with Gasteiger partial charge in [0.1, 0.15) is 0 Å². The van der Waals surface area contributed by atoms with E-state index in [-0.39, 0.29) is 3040 Å². The van der Waals surface area contributed by atoms with E-state index in [1.807, 2.05) is 193 Å².